The van der Waals surface area contributed by atoms with Crippen LogP contribution in [0.1, 0.15) is 56.8 Å². The number of pyridine rings is 1. The van der Waals surface area contributed by atoms with Crippen LogP contribution in [0.25, 0.3) is 0 Å². The Morgan fingerprint density at radius 3 is 2.37 bits per heavy atom. The third kappa shape index (κ3) is 3.34. The first-order valence-electron chi connectivity index (χ1n) is 7.36. The Morgan fingerprint density at radius 2 is 1.79 bits per heavy atom. The maximum atomic E-state index is 10.7. The fourth-order valence-electron chi connectivity index (χ4n) is 2.96. The molecule has 0 saturated carbocycles. The van der Waals surface area contributed by atoms with E-state index in [4.69, 9.17) is 0 Å². The van der Waals surface area contributed by atoms with Gasteiger partial charge in [0, 0.05) is 23.5 Å². The van der Waals surface area contributed by atoms with E-state index in [1.807, 2.05) is 19.2 Å². The average molecular weight is 262 g/mol. The third-order valence-corrected chi connectivity index (χ3v) is 4.30. The molecule has 1 N–H and O–H groups in total. The largest absolute Gasteiger partial charge is 0.386 e. The lowest BCUT2D eigenvalue weighted by atomic mass is 9.89. The maximum absolute atomic E-state index is 10.7. The molecule has 0 amide bonds. The minimum absolute atomic E-state index is 0.236. The van der Waals surface area contributed by atoms with E-state index in [1.54, 1.807) is 6.20 Å². The monoisotopic (exact) mass is 262 g/mol. The molecule has 106 valence electrons. The van der Waals surface area contributed by atoms with E-state index >= 15 is 0 Å². The van der Waals surface area contributed by atoms with Gasteiger partial charge in [-0.2, -0.15) is 0 Å². The van der Waals surface area contributed by atoms with Crippen molar-refractivity contribution in [1.29, 1.82) is 0 Å². The predicted molar refractivity (Wildman–Crippen MR) is 78.1 cm³/mol. The Hall–Kier alpha value is -0.930. The molecule has 0 aliphatic carbocycles. The number of aryl methyl sites for hydroxylation is 1. The van der Waals surface area contributed by atoms with Crippen LogP contribution in [0.2, 0.25) is 0 Å². The quantitative estimate of drug-likeness (QED) is 0.909. The molecule has 3 nitrogen and oxygen atoms in total. The van der Waals surface area contributed by atoms with E-state index in [2.05, 4.69) is 23.7 Å². The summed E-state index contributed by atoms with van der Waals surface area (Å²) in [4.78, 5) is 6.64. The number of hydrogen-bond acceptors (Lipinski definition) is 3. The van der Waals surface area contributed by atoms with Crippen LogP contribution in [0.3, 0.4) is 0 Å². The van der Waals surface area contributed by atoms with E-state index in [0.29, 0.717) is 0 Å². The van der Waals surface area contributed by atoms with Crippen LogP contribution in [-0.4, -0.2) is 33.6 Å². The van der Waals surface area contributed by atoms with Gasteiger partial charge < -0.3 is 5.11 Å². The zero-order valence-electron chi connectivity index (χ0n) is 12.4. The van der Waals surface area contributed by atoms with Gasteiger partial charge >= 0.3 is 0 Å². The lowest BCUT2D eigenvalue weighted by Gasteiger charge is -2.41. The van der Waals surface area contributed by atoms with Crippen LogP contribution < -0.4 is 0 Å². The number of likely N-dealkylation sites (tertiary alicyclic amines) is 1. The zero-order valence-corrected chi connectivity index (χ0v) is 12.4. The highest BCUT2D eigenvalue weighted by Gasteiger charge is 2.35. The van der Waals surface area contributed by atoms with Crippen LogP contribution in [0, 0.1) is 6.92 Å². The molecule has 1 fully saturated rings. The molecule has 0 radical (unpaired) electrons. The molecule has 1 aromatic heterocycles. The number of aliphatic hydroxyl groups excluding tert-OH is 1. The van der Waals surface area contributed by atoms with Gasteiger partial charge in [0.2, 0.25) is 0 Å². The van der Waals surface area contributed by atoms with Crippen LogP contribution >= 0.6 is 0 Å². The molecule has 1 aliphatic heterocycles. The molecule has 2 heterocycles. The Morgan fingerprint density at radius 1 is 1.16 bits per heavy atom. The Kier molecular flexibility index (Phi) is 4.58. The minimum Gasteiger partial charge on any atom is -0.386 e. The smallest absolute Gasteiger partial charge is 0.0983 e. The van der Waals surface area contributed by atoms with Crippen LogP contribution in [0.4, 0.5) is 0 Å². The van der Waals surface area contributed by atoms with Crippen LogP contribution in [-0.2, 0) is 0 Å². The van der Waals surface area contributed by atoms with Crippen molar-refractivity contribution in [1.82, 2.24) is 9.88 Å². The molecule has 1 atom stereocenters. The van der Waals surface area contributed by atoms with E-state index in [-0.39, 0.29) is 5.54 Å². The number of hydrogen-bond donors (Lipinski definition) is 1. The first kappa shape index (κ1) is 14.5. The van der Waals surface area contributed by atoms with Gasteiger partial charge in [-0.1, -0.05) is 18.9 Å². The van der Waals surface area contributed by atoms with Gasteiger partial charge in [0.05, 0.1) is 6.10 Å². The third-order valence-electron chi connectivity index (χ3n) is 4.30. The van der Waals surface area contributed by atoms with Gasteiger partial charge in [0.1, 0.15) is 0 Å². The molecule has 0 spiro atoms. The van der Waals surface area contributed by atoms with Gasteiger partial charge in [0.15, 0.2) is 0 Å². The number of aromatic nitrogens is 1. The minimum atomic E-state index is -0.488. The number of aliphatic hydroxyl groups is 1. The second-order valence-corrected chi connectivity index (χ2v) is 6.25. The van der Waals surface area contributed by atoms with Crippen molar-refractivity contribution in [3.05, 3.63) is 29.6 Å². The molecule has 1 aliphatic rings. The second-order valence-electron chi connectivity index (χ2n) is 6.25. The van der Waals surface area contributed by atoms with E-state index in [0.717, 1.165) is 24.2 Å². The normalized spacial score (nSPS) is 20.0. The van der Waals surface area contributed by atoms with Gasteiger partial charge in [-0.05, 0) is 52.3 Å². The van der Waals surface area contributed by atoms with Crippen molar-refractivity contribution < 1.29 is 5.11 Å². The van der Waals surface area contributed by atoms with Crippen LogP contribution in [0.15, 0.2) is 18.5 Å². The highest BCUT2D eigenvalue weighted by atomic mass is 16.3. The van der Waals surface area contributed by atoms with Crippen molar-refractivity contribution >= 4 is 0 Å². The summed E-state index contributed by atoms with van der Waals surface area (Å²) in [5.74, 6) is 0. The summed E-state index contributed by atoms with van der Waals surface area (Å²) in [7, 11) is 0. The van der Waals surface area contributed by atoms with E-state index in [9.17, 15) is 5.11 Å². The standard InChI is InChI=1S/C16H26N2O/c1-13-10-14(12-17-11-13)15(19)16(2,3)18-8-6-4-5-7-9-18/h10-12,15,19H,4-9H2,1-3H3. The van der Waals surface area contributed by atoms with Crippen molar-refractivity contribution in [3.63, 3.8) is 0 Å². The Labute approximate surface area is 116 Å². The fraction of sp³-hybridized carbons (Fsp3) is 0.688. The fourth-order valence-corrected chi connectivity index (χ4v) is 2.96. The SMILES string of the molecule is Cc1cncc(C(O)C(C)(C)N2CCCCCC2)c1. The van der Waals surface area contributed by atoms with Crippen molar-refractivity contribution in [3.8, 4) is 0 Å². The second kappa shape index (κ2) is 6.02. The number of rotatable bonds is 3. The van der Waals surface area contributed by atoms with Crippen molar-refractivity contribution in [2.24, 2.45) is 0 Å². The summed E-state index contributed by atoms with van der Waals surface area (Å²) in [5, 5.41) is 10.7. The summed E-state index contributed by atoms with van der Waals surface area (Å²) in [6, 6.07) is 2.04. The zero-order chi connectivity index (χ0) is 13.9. The van der Waals surface area contributed by atoms with Crippen LogP contribution in [0.5, 0.6) is 0 Å². The molecule has 1 saturated heterocycles. The average Bonchev–Trinajstić information content (AvgIpc) is 2.67. The molecular formula is C16H26N2O. The van der Waals surface area contributed by atoms with E-state index in [1.165, 1.54) is 25.7 Å². The summed E-state index contributed by atoms with van der Waals surface area (Å²) in [6.45, 7) is 8.48. The number of nitrogens with zero attached hydrogens (tertiary/aromatic N) is 2. The molecule has 0 bridgehead atoms. The molecule has 1 unspecified atom stereocenters. The molecule has 19 heavy (non-hydrogen) atoms. The summed E-state index contributed by atoms with van der Waals surface area (Å²) in [6.07, 6.45) is 8.23. The van der Waals surface area contributed by atoms with Gasteiger partial charge in [-0.3, -0.25) is 9.88 Å². The lowest BCUT2D eigenvalue weighted by molar-refractivity contribution is -0.0102. The molecule has 0 aromatic carbocycles. The lowest BCUT2D eigenvalue weighted by Crippen LogP contribution is -2.48. The summed E-state index contributed by atoms with van der Waals surface area (Å²) in [5.41, 5.74) is 1.79. The molecule has 3 heteroatoms. The first-order valence-corrected chi connectivity index (χ1v) is 7.36. The highest BCUT2D eigenvalue weighted by molar-refractivity contribution is 5.21. The molecule has 1 aromatic rings. The van der Waals surface area contributed by atoms with Gasteiger partial charge in [-0.25, -0.2) is 0 Å². The maximum Gasteiger partial charge on any atom is 0.0983 e. The Balaban J connectivity index is 2.17. The topological polar surface area (TPSA) is 36.4 Å². The highest BCUT2D eigenvalue weighted by Crippen LogP contribution is 2.32. The van der Waals surface area contributed by atoms with E-state index < -0.39 is 6.10 Å². The first-order chi connectivity index (χ1) is 9.01. The Bertz CT molecular complexity index is 409. The van der Waals surface area contributed by atoms with Gasteiger partial charge in [0.25, 0.3) is 0 Å². The van der Waals surface area contributed by atoms with Gasteiger partial charge in [-0.15, -0.1) is 0 Å². The molecular weight excluding hydrogens is 236 g/mol. The summed E-state index contributed by atoms with van der Waals surface area (Å²) >= 11 is 0. The molecule has 2 rings (SSSR count). The van der Waals surface area contributed by atoms with Crippen molar-refractivity contribution in [2.75, 3.05) is 13.1 Å². The predicted octanol–water partition coefficient (Wildman–Crippen LogP) is 3.08. The summed E-state index contributed by atoms with van der Waals surface area (Å²) < 4.78 is 0. The van der Waals surface area contributed by atoms with Crippen molar-refractivity contribution in [2.45, 2.75) is 58.1 Å².